The molecule has 0 spiro atoms. The Morgan fingerprint density at radius 1 is 1.07 bits per heavy atom. The van der Waals surface area contributed by atoms with Crippen LogP contribution in [0.4, 0.5) is 4.79 Å². The molecular formula is C21H27N3O4S. The number of hydrogen-bond acceptors (Lipinski definition) is 4. The zero-order chi connectivity index (χ0) is 21.3. The summed E-state index contributed by atoms with van der Waals surface area (Å²) in [7, 11) is 1.10. The van der Waals surface area contributed by atoms with Crippen LogP contribution in [0.5, 0.6) is 5.75 Å². The van der Waals surface area contributed by atoms with Gasteiger partial charge in [0.2, 0.25) is 10.0 Å². The van der Waals surface area contributed by atoms with Crippen LogP contribution in [0.15, 0.2) is 53.4 Å². The summed E-state index contributed by atoms with van der Waals surface area (Å²) in [5.41, 5.74) is 1.69. The average Bonchev–Trinajstić information content (AvgIpc) is 3.05. The molecule has 2 atom stereocenters. The SMILES string of the molecule is COc1ccc([C@H]2N(C(=O)N(C)C)[C@H](C)CN2S(=O)(=O)c2ccc(C)cc2)cc1. The molecule has 1 saturated heterocycles. The van der Waals surface area contributed by atoms with E-state index in [0.717, 1.165) is 5.56 Å². The van der Waals surface area contributed by atoms with Crippen molar-refractivity contribution in [1.82, 2.24) is 14.1 Å². The van der Waals surface area contributed by atoms with E-state index >= 15 is 0 Å². The summed E-state index contributed by atoms with van der Waals surface area (Å²) in [6.07, 6.45) is -0.739. The predicted molar refractivity (Wildman–Crippen MR) is 111 cm³/mol. The standard InChI is InChI=1S/C21H27N3O4S/c1-15-6-12-19(13-7-15)29(26,27)23-14-16(2)24(21(25)22(3)4)20(23)17-8-10-18(28-5)11-9-17/h6-13,16,20H,14H2,1-5H3/t16-,20-/m1/s1. The number of sulfonamides is 1. The number of methoxy groups -OCH3 is 1. The number of urea groups is 1. The molecule has 0 bridgehead atoms. The van der Waals surface area contributed by atoms with Crippen molar-refractivity contribution >= 4 is 16.1 Å². The van der Waals surface area contributed by atoms with Gasteiger partial charge in [0.25, 0.3) is 0 Å². The van der Waals surface area contributed by atoms with Crippen LogP contribution >= 0.6 is 0 Å². The molecule has 0 aromatic heterocycles. The van der Waals surface area contributed by atoms with E-state index in [-0.39, 0.29) is 23.5 Å². The van der Waals surface area contributed by atoms with E-state index in [4.69, 9.17) is 4.74 Å². The summed E-state index contributed by atoms with van der Waals surface area (Å²) in [6, 6.07) is 13.4. The minimum Gasteiger partial charge on any atom is -0.497 e. The van der Waals surface area contributed by atoms with E-state index in [1.807, 2.05) is 13.8 Å². The Hall–Kier alpha value is -2.58. The number of amides is 2. The zero-order valence-corrected chi connectivity index (χ0v) is 18.2. The molecule has 3 rings (SSSR count). The van der Waals surface area contributed by atoms with Crippen molar-refractivity contribution in [3.05, 3.63) is 59.7 Å². The molecular weight excluding hydrogens is 390 g/mol. The Balaban J connectivity index is 2.10. The molecule has 2 aromatic rings. The quantitative estimate of drug-likeness (QED) is 0.767. The lowest BCUT2D eigenvalue weighted by Crippen LogP contribution is -2.44. The summed E-state index contributed by atoms with van der Waals surface area (Å²) in [5, 5.41) is 0. The Morgan fingerprint density at radius 3 is 2.17 bits per heavy atom. The molecule has 1 aliphatic rings. The van der Waals surface area contributed by atoms with Gasteiger partial charge in [-0.15, -0.1) is 0 Å². The summed E-state index contributed by atoms with van der Waals surface area (Å²) < 4.78 is 33.6. The summed E-state index contributed by atoms with van der Waals surface area (Å²) >= 11 is 0. The molecule has 7 nitrogen and oxygen atoms in total. The summed E-state index contributed by atoms with van der Waals surface area (Å²) in [6.45, 7) is 3.99. The van der Waals surface area contributed by atoms with Crippen molar-refractivity contribution in [2.75, 3.05) is 27.7 Å². The van der Waals surface area contributed by atoms with Gasteiger partial charge < -0.3 is 9.64 Å². The first kappa shape index (κ1) is 21.1. The van der Waals surface area contributed by atoms with Crippen LogP contribution in [0.3, 0.4) is 0 Å². The lowest BCUT2D eigenvalue weighted by molar-refractivity contribution is 0.138. The second kappa shape index (κ2) is 8.04. The van der Waals surface area contributed by atoms with Crippen molar-refractivity contribution in [1.29, 1.82) is 0 Å². The maximum absolute atomic E-state index is 13.5. The number of benzene rings is 2. The van der Waals surface area contributed by atoms with Crippen LogP contribution in [-0.4, -0.2) is 62.3 Å². The molecule has 2 aromatic carbocycles. The molecule has 0 radical (unpaired) electrons. The van der Waals surface area contributed by atoms with Crippen LogP contribution in [0.2, 0.25) is 0 Å². The molecule has 156 valence electrons. The lowest BCUT2D eigenvalue weighted by atomic mass is 10.1. The maximum Gasteiger partial charge on any atom is 0.321 e. The van der Waals surface area contributed by atoms with Gasteiger partial charge in [-0.25, -0.2) is 13.2 Å². The van der Waals surface area contributed by atoms with E-state index in [0.29, 0.717) is 11.3 Å². The third-order valence-electron chi connectivity index (χ3n) is 5.10. The first-order valence-corrected chi connectivity index (χ1v) is 10.8. The molecule has 1 fully saturated rings. The highest BCUT2D eigenvalue weighted by atomic mass is 32.2. The smallest absolute Gasteiger partial charge is 0.321 e. The number of ether oxygens (including phenoxy) is 1. The number of carbonyl (C=O) groups is 1. The molecule has 0 saturated carbocycles. The van der Waals surface area contributed by atoms with Gasteiger partial charge in [0.1, 0.15) is 11.9 Å². The molecule has 0 unspecified atom stereocenters. The van der Waals surface area contributed by atoms with Gasteiger partial charge in [-0.3, -0.25) is 4.90 Å². The molecule has 1 heterocycles. The van der Waals surface area contributed by atoms with Gasteiger partial charge in [-0.1, -0.05) is 29.8 Å². The van der Waals surface area contributed by atoms with Gasteiger partial charge in [0.15, 0.2) is 0 Å². The highest BCUT2D eigenvalue weighted by molar-refractivity contribution is 7.89. The monoisotopic (exact) mass is 417 g/mol. The van der Waals surface area contributed by atoms with Crippen molar-refractivity contribution in [3.63, 3.8) is 0 Å². The third kappa shape index (κ3) is 3.95. The molecule has 2 amide bonds. The van der Waals surface area contributed by atoms with Crippen LogP contribution < -0.4 is 4.74 Å². The normalized spacial score (nSPS) is 20.0. The number of aryl methyl sites for hydroxylation is 1. The molecule has 0 aliphatic carbocycles. The second-order valence-corrected chi connectivity index (χ2v) is 9.36. The van der Waals surface area contributed by atoms with E-state index in [1.165, 1.54) is 9.21 Å². The Kier molecular flexibility index (Phi) is 5.86. The first-order chi connectivity index (χ1) is 13.7. The van der Waals surface area contributed by atoms with Crippen LogP contribution in [-0.2, 0) is 10.0 Å². The molecule has 0 N–H and O–H groups in total. The summed E-state index contributed by atoms with van der Waals surface area (Å²) in [4.78, 5) is 16.2. The largest absolute Gasteiger partial charge is 0.497 e. The van der Waals surface area contributed by atoms with Crippen LogP contribution in [0, 0.1) is 6.92 Å². The van der Waals surface area contributed by atoms with Crippen molar-refractivity contribution in [3.8, 4) is 5.75 Å². The van der Waals surface area contributed by atoms with Crippen molar-refractivity contribution in [2.45, 2.75) is 31.0 Å². The topological polar surface area (TPSA) is 70.2 Å². The number of hydrogen-bond donors (Lipinski definition) is 0. The van der Waals surface area contributed by atoms with E-state index in [2.05, 4.69) is 0 Å². The highest BCUT2D eigenvalue weighted by Crippen LogP contribution is 2.38. The number of rotatable bonds is 4. The van der Waals surface area contributed by atoms with Crippen molar-refractivity contribution < 1.29 is 17.9 Å². The van der Waals surface area contributed by atoms with Crippen molar-refractivity contribution in [2.24, 2.45) is 0 Å². The van der Waals surface area contributed by atoms with Crippen LogP contribution in [0.1, 0.15) is 24.2 Å². The van der Waals surface area contributed by atoms with Gasteiger partial charge >= 0.3 is 6.03 Å². The lowest BCUT2D eigenvalue weighted by Gasteiger charge is -2.33. The van der Waals surface area contributed by atoms with E-state index < -0.39 is 16.2 Å². The fourth-order valence-electron chi connectivity index (χ4n) is 3.53. The highest BCUT2D eigenvalue weighted by Gasteiger charge is 2.47. The Labute approximate surface area is 172 Å². The van der Waals surface area contributed by atoms with Gasteiger partial charge in [-0.2, -0.15) is 4.31 Å². The third-order valence-corrected chi connectivity index (χ3v) is 6.93. The first-order valence-electron chi connectivity index (χ1n) is 9.39. The Bertz CT molecular complexity index is 972. The molecule has 1 aliphatic heterocycles. The second-order valence-electron chi connectivity index (χ2n) is 7.47. The minimum atomic E-state index is -3.80. The number of nitrogens with zero attached hydrogens (tertiary/aromatic N) is 3. The van der Waals surface area contributed by atoms with E-state index in [1.54, 1.807) is 74.6 Å². The fourth-order valence-corrected chi connectivity index (χ4v) is 5.18. The zero-order valence-electron chi connectivity index (χ0n) is 17.4. The van der Waals surface area contributed by atoms with Gasteiger partial charge in [-0.05, 0) is 43.7 Å². The van der Waals surface area contributed by atoms with Gasteiger partial charge in [0, 0.05) is 26.7 Å². The summed E-state index contributed by atoms with van der Waals surface area (Å²) in [5.74, 6) is 0.665. The fraction of sp³-hybridized carbons (Fsp3) is 0.381. The maximum atomic E-state index is 13.5. The van der Waals surface area contributed by atoms with E-state index in [9.17, 15) is 13.2 Å². The Morgan fingerprint density at radius 2 is 1.66 bits per heavy atom. The average molecular weight is 418 g/mol. The van der Waals surface area contributed by atoms with Crippen LogP contribution in [0.25, 0.3) is 0 Å². The number of carbonyl (C=O) groups excluding carboxylic acids is 1. The molecule has 29 heavy (non-hydrogen) atoms. The van der Waals surface area contributed by atoms with Gasteiger partial charge in [0.05, 0.1) is 12.0 Å². The minimum absolute atomic E-state index is 0.215. The molecule has 8 heteroatoms. The predicted octanol–water partition coefficient (Wildman–Crippen LogP) is 3.08.